The third-order valence-corrected chi connectivity index (χ3v) is 9.18. The molecule has 3 amide bonds. The standard InChI is InChI=1S/C39H44N4O7S/c1-9-13-40-36(45)30-11-10-26(33(42-30)37(46)48-8)27-19-31-29(34-25(12-14-51-34)17-23(4)49-31)18-28(27)35(44)43-32-21(2)15-24(16-22(32)3)20-41-38(47)50-39(5,6)7/h10-12,14-16,18-19,23H,9,13,17,20H2,1-8H3,(H,40,45)(H,41,47)(H,43,44)/t23-/m1/s1. The van der Waals surface area contributed by atoms with E-state index >= 15 is 0 Å². The van der Waals surface area contributed by atoms with Gasteiger partial charge >= 0.3 is 12.1 Å². The van der Waals surface area contributed by atoms with Gasteiger partial charge in [0.2, 0.25) is 0 Å². The molecule has 3 heterocycles. The normalized spacial score (nSPS) is 13.5. The number of nitrogens with one attached hydrogen (secondary N) is 3. The molecule has 1 atom stereocenters. The number of nitrogens with zero attached hydrogens (tertiary/aromatic N) is 1. The van der Waals surface area contributed by atoms with Crippen LogP contribution in [0.4, 0.5) is 10.5 Å². The first-order valence-electron chi connectivity index (χ1n) is 16.9. The molecule has 2 aromatic carbocycles. The second kappa shape index (κ2) is 15.3. The molecule has 1 aliphatic heterocycles. The van der Waals surface area contributed by atoms with E-state index in [1.54, 1.807) is 50.3 Å². The van der Waals surface area contributed by atoms with Gasteiger partial charge in [-0.2, -0.15) is 0 Å². The molecule has 0 spiro atoms. The number of hydrogen-bond acceptors (Lipinski definition) is 9. The van der Waals surface area contributed by atoms with Crippen LogP contribution in [-0.2, 0) is 22.4 Å². The second-order valence-corrected chi connectivity index (χ2v) is 14.5. The highest BCUT2D eigenvalue weighted by Crippen LogP contribution is 2.44. The second-order valence-electron chi connectivity index (χ2n) is 13.6. The Morgan fingerprint density at radius 2 is 1.69 bits per heavy atom. The maximum Gasteiger partial charge on any atom is 0.407 e. The number of anilines is 1. The lowest BCUT2D eigenvalue weighted by molar-refractivity contribution is 0.0522. The number of carbonyl (C=O) groups excluding carboxylic acids is 4. The van der Waals surface area contributed by atoms with Gasteiger partial charge in [-0.15, -0.1) is 11.3 Å². The molecule has 0 bridgehead atoms. The van der Waals surface area contributed by atoms with E-state index in [9.17, 15) is 19.2 Å². The number of fused-ring (bicyclic) bond motifs is 3. The zero-order valence-electron chi connectivity index (χ0n) is 30.2. The molecule has 12 heteroatoms. The van der Waals surface area contributed by atoms with E-state index in [0.29, 0.717) is 35.5 Å². The first-order chi connectivity index (χ1) is 24.2. The van der Waals surface area contributed by atoms with Crippen molar-refractivity contribution in [2.75, 3.05) is 19.0 Å². The van der Waals surface area contributed by atoms with Gasteiger partial charge in [-0.25, -0.2) is 14.6 Å². The fraction of sp³-hybridized carbons (Fsp3) is 0.359. The molecule has 0 aliphatic carbocycles. The van der Waals surface area contributed by atoms with Crippen molar-refractivity contribution in [2.24, 2.45) is 0 Å². The summed E-state index contributed by atoms with van der Waals surface area (Å²) in [5.74, 6) is -1.04. The van der Waals surface area contributed by atoms with Crippen LogP contribution in [-0.4, -0.2) is 54.2 Å². The minimum Gasteiger partial charge on any atom is -0.490 e. The number of pyridine rings is 1. The van der Waals surface area contributed by atoms with Gasteiger partial charge in [-0.3, -0.25) is 9.59 Å². The van der Waals surface area contributed by atoms with E-state index < -0.39 is 29.5 Å². The van der Waals surface area contributed by atoms with Crippen molar-refractivity contribution in [3.8, 4) is 27.3 Å². The number of aryl methyl sites for hydroxylation is 2. The molecule has 0 saturated carbocycles. The van der Waals surface area contributed by atoms with Gasteiger partial charge in [0.25, 0.3) is 11.8 Å². The topological polar surface area (TPSA) is 145 Å². The van der Waals surface area contributed by atoms with Crippen LogP contribution in [0.3, 0.4) is 0 Å². The number of amides is 3. The summed E-state index contributed by atoms with van der Waals surface area (Å²) in [6.07, 6.45) is 0.752. The SMILES string of the molecule is CCCNC(=O)c1ccc(-c2cc3c(cc2C(=O)Nc2c(C)cc(CNC(=O)OC(C)(C)C)cc2C)-c2sccc2C[C@@H](C)O3)c(C(=O)OC)n1. The number of methoxy groups -OCH3 is 1. The van der Waals surface area contributed by atoms with Crippen LogP contribution in [0, 0.1) is 13.8 Å². The Kier molecular flexibility index (Phi) is 11.1. The maximum absolute atomic E-state index is 14.5. The molecule has 268 valence electrons. The summed E-state index contributed by atoms with van der Waals surface area (Å²) in [5.41, 5.74) is 5.21. The van der Waals surface area contributed by atoms with Crippen molar-refractivity contribution >= 4 is 40.9 Å². The van der Waals surface area contributed by atoms with Crippen molar-refractivity contribution < 1.29 is 33.4 Å². The number of thiophene rings is 1. The van der Waals surface area contributed by atoms with Gasteiger partial charge in [0, 0.05) is 52.3 Å². The molecule has 0 radical (unpaired) electrons. The van der Waals surface area contributed by atoms with E-state index in [1.165, 1.54) is 13.2 Å². The van der Waals surface area contributed by atoms with Crippen molar-refractivity contribution in [1.29, 1.82) is 0 Å². The van der Waals surface area contributed by atoms with Gasteiger partial charge in [-0.1, -0.05) is 19.1 Å². The zero-order valence-corrected chi connectivity index (χ0v) is 31.1. The number of benzene rings is 2. The number of carbonyl (C=O) groups is 4. The first-order valence-corrected chi connectivity index (χ1v) is 17.7. The summed E-state index contributed by atoms with van der Waals surface area (Å²) in [5, 5.41) is 10.7. The van der Waals surface area contributed by atoms with Gasteiger partial charge in [0.05, 0.1) is 7.11 Å². The summed E-state index contributed by atoms with van der Waals surface area (Å²) in [4.78, 5) is 58.2. The number of alkyl carbamates (subject to hydrolysis) is 1. The molecule has 4 aromatic rings. The fourth-order valence-corrected chi connectivity index (χ4v) is 6.93. The first kappa shape index (κ1) is 37.0. The van der Waals surface area contributed by atoms with Crippen LogP contribution in [0.25, 0.3) is 21.6 Å². The van der Waals surface area contributed by atoms with Gasteiger partial charge in [-0.05, 0) is 106 Å². The molecule has 0 saturated heterocycles. The van der Waals surface area contributed by atoms with E-state index in [4.69, 9.17) is 14.2 Å². The predicted molar refractivity (Wildman–Crippen MR) is 198 cm³/mol. The summed E-state index contributed by atoms with van der Waals surface area (Å²) in [6, 6.07) is 12.5. The van der Waals surface area contributed by atoms with Crippen molar-refractivity contribution in [3.05, 3.63) is 87.0 Å². The minimum absolute atomic E-state index is 0.0500. The number of rotatable bonds is 9. The molecule has 2 aromatic heterocycles. The minimum atomic E-state index is -0.756. The lowest BCUT2D eigenvalue weighted by atomic mass is 9.93. The summed E-state index contributed by atoms with van der Waals surface area (Å²) in [6.45, 7) is 13.8. The van der Waals surface area contributed by atoms with E-state index in [0.717, 1.165) is 39.1 Å². The summed E-state index contributed by atoms with van der Waals surface area (Å²) in [7, 11) is 1.24. The Hall–Kier alpha value is -5.23. The van der Waals surface area contributed by atoms with Crippen LogP contribution in [0.15, 0.2) is 47.8 Å². The number of esters is 1. The quantitative estimate of drug-likeness (QED) is 0.150. The van der Waals surface area contributed by atoms with Crippen molar-refractivity contribution in [3.63, 3.8) is 0 Å². The summed E-state index contributed by atoms with van der Waals surface area (Å²) < 4.78 is 16.9. The number of hydrogen-bond donors (Lipinski definition) is 3. The highest BCUT2D eigenvalue weighted by atomic mass is 32.1. The largest absolute Gasteiger partial charge is 0.490 e. The Labute approximate surface area is 302 Å². The molecule has 5 rings (SSSR count). The van der Waals surface area contributed by atoms with Gasteiger partial charge in [0.1, 0.15) is 23.1 Å². The molecular weight excluding hydrogens is 669 g/mol. The van der Waals surface area contributed by atoms with Crippen LogP contribution in [0.1, 0.15) is 94.6 Å². The van der Waals surface area contributed by atoms with Crippen LogP contribution >= 0.6 is 11.3 Å². The Morgan fingerprint density at radius 3 is 2.35 bits per heavy atom. The monoisotopic (exact) mass is 712 g/mol. The molecule has 0 fully saturated rings. The van der Waals surface area contributed by atoms with Gasteiger partial charge < -0.3 is 30.2 Å². The zero-order chi connectivity index (χ0) is 37.0. The maximum atomic E-state index is 14.5. The molecule has 51 heavy (non-hydrogen) atoms. The highest BCUT2D eigenvalue weighted by molar-refractivity contribution is 7.13. The fourth-order valence-electron chi connectivity index (χ4n) is 5.97. The molecule has 11 nitrogen and oxygen atoms in total. The Bertz CT molecular complexity index is 1970. The molecule has 0 unspecified atom stereocenters. The third-order valence-electron chi connectivity index (χ3n) is 8.19. The number of aromatic nitrogens is 1. The van der Waals surface area contributed by atoms with Crippen molar-refractivity contribution in [2.45, 2.75) is 79.6 Å². The number of ether oxygens (including phenoxy) is 3. The predicted octanol–water partition coefficient (Wildman–Crippen LogP) is 7.62. The molecule has 3 N–H and O–H groups in total. The van der Waals surface area contributed by atoms with Crippen molar-refractivity contribution in [1.82, 2.24) is 15.6 Å². The Morgan fingerprint density at radius 1 is 0.961 bits per heavy atom. The van der Waals surface area contributed by atoms with E-state index in [-0.39, 0.29) is 29.6 Å². The molecule has 1 aliphatic rings. The Balaban J connectivity index is 1.59. The third kappa shape index (κ3) is 8.57. The lowest BCUT2D eigenvalue weighted by Gasteiger charge is -2.20. The average Bonchev–Trinajstić information content (AvgIpc) is 3.48. The lowest BCUT2D eigenvalue weighted by Crippen LogP contribution is -2.32. The van der Waals surface area contributed by atoms with Crippen LogP contribution < -0.4 is 20.7 Å². The smallest absolute Gasteiger partial charge is 0.407 e. The van der Waals surface area contributed by atoms with Gasteiger partial charge in [0.15, 0.2) is 5.69 Å². The highest BCUT2D eigenvalue weighted by Gasteiger charge is 2.28. The van der Waals surface area contributed by atoms with E-state index in [2.05, 4.69) is 27.0 Å². The van der Waals surface area contributed by atoms with Crippen LogP contribution in [0.2, 0.25) is 0 Å². The summed E-state index contributed by atoms with van der Waals surface area (Å²) >= 11 is 1.57. The molecular formula is C39H44N4O7S. The average molecular weight is 713 g/mol. The van der Waals surface area contributed by atoms with Crippen LogP contribution in [0.5, 0.6) is 5.75 Å². The van der Waals surface area contributed by atoms with E-state index in [1.807, 2.05) is 45.2 Å².